The van der Waals surface area contributed by atoms with E-state index < -0.39 is 27.8 Å². The largest absolute Gasteiger partial charge is 0.384 e. The Morgan fingerprint density at radius 2 is 1.39 bits per heavy atom. The first-order valence-electron chi connectivity index (χ1n) is 12.8. The lowest BCUT2D eigenvalue weighted by atomic mass is 9.84. The molecule has 0 spiro atoms. The van der Waals surface area contributed by atoms with Gasteiger partial charge in [0, 0.05) is 18.2 Å². The quantitative estimate of drug-likeness (QED) is 0.303. The first-order chi connectivity index (χ1) is 19.7. The maximum Gasteiger partial charge on any atom is 0.266 e. The third kappa shape index (κ3) is 5.21. The van der Waals surface area contributed by atoms with Gasteiger partial charge in [-0.3, -0.25) is 9.59 Å². The van der Waals surface area contributed by atoms with Crippen molar-refractivity contribution in [2.75, 3.05) is 5.32 Å². The Hall–Kier alpha value is -5.20. The second-order valence-corrected chi connectivity index (χ2v) is 11.4. The molecular weight excluding hydrogens is 536 g/mol. The van der Waals surface area contributed by atoms with Crippen LogP contribution in [-0.4, -0.2) is 30.5 Å². The summed E-state index contributed by atoms with van der Waals surface area (Å²) in [6.45, 7) is 1.34. The van der Waals surface area contributed by atoms with Gasteiger partial charge in [0.2, 0.25) is 5.91 Å². The minimum atomic E-state index is -4.40. The summed E-state index contributed by atoms with van der Waals surface area (Å²) in [6.07, 6.45) is 0. The molecule has 4 aromatic carbocycles. The molecule has 1 aliphatic rings. The Morgan fingerprint density at radius 1 is 0.829 bits per heavy atom. The maximum absolute atomic E-state index is 14.1. The minimum Gasteiger partial charge on any atom is -0.384 e. The predicted octanol–water partition coefficient (Wildman–Crippen LogP) is 5.05. The minimum absolute atomic E-state index is 0.00909. The van der Waals surface area contributed by atoms with Crippen LogP contribution in [0.1, 0.15) is 28.8 Å². The van der Waals surface area contributed by atoms with E-state index in [9.17, 15) is 23.3 Å². The van der Waals surface area contributed by atoms with Crippen molar-refractivity contribution in [2.24, 2.45) is 5.73 Å². The normalized spacial score (nSPS) is 16.7. The number of hydrogen-bond acceptors (Lipinski definition) is 6. The molecule has 41 heavy (non-hydrogen) atoms. The van der Waals surface area contributed by atoms with Crippen LogP contribution in [0.15, 0.2) is 125 Å². The van der Waals surface area contributed by atoms with Crippen molar-refractivity contribution in [3.63, 3.8) is 0 Å². The van der Waals surface area contributed by atoms with Gasteiger partial charge in [-0.05, 0) is 41.0 Å². The fourth-order valence-electron chi connectivity index (χ4n) is 5.05. The number of benzene rings is 4. The molecule has 1 heterocycles. The highest BCUT2D eigenvalue weighted by atomic mass is 32.2. The molecule has 3 N–H and O–H groups in total. The van der Waals surface area contributed by atoms with Crippen LogP contribution in [0.2, 0.25) is 0 Å². The molecule has 8 nitrogen and oxygen atoms in total. The molecule has 0 bridgehead atoms. The number of nitrogens with zero attached hydrogens (tertiary/aromatic N) is 2. The Morgan fingerprint density at radius 3 is 1.95 bits per heavy atom. The van der Waals surface area contributed by atoms with Crippen molar-refractivity contribution in [3.05, 3.63) is 132 Å². The first-order valence-corrected chi connectivity index (χ1v) is 14.2. The van der Waals surface area contributed by atoms with Crippen molar-refractivity contribution < 1.29 is 18.0 Å². The molecule has 0 aliphatic carbocycles. The molecule has 0 saturated carbocycles. The smallest absolute Gasteiger partial charge is 0.266 e. The van der Waals surface area contributed by atoms with Crippen molar-refractivity contribution in [3.8, 4) is 17.2 Å². The van der Waals surface area contributed by atoms with Crippen LogP contribution in [0.3, 0.4) is 0 Å². The molecule has 0 radical (unpaired) electrons. The SMILES string of the molecule is CC(=O)Nc1ccc(S(=O)(=O)N2C(N)=C(C#N)[C@@H](c3ccc(-c4ccccc4)cc3)[C@H]2C(=O)c2ccccc2)cc1. The molecule has 0 unspecified atom stereocenters. The van der Waals surface area contributed by atoms with Crippen LogP contribution in [0, 0.1) is 11.3 Å². The van der Waals surface area contributed by atoms with Crippen LogP contribution >= 0.6 is 0 Å². The van der Waals surface area contributed by atoms with E-state index in [0.717, 1.165) is 15.4 Å². The van der Waals surface area contributed by atoms with E-state index in [4.69, 9.17) is 5.73 Å². The number of nitrogens with two attached hydrogens (primary N) is 1. The molecule has 1 aliphatic heterocycles. The molecule has 5 rings (SSSR count). The monoisotopic (exact) mass is 562 g/mol. The van der Waals surface area contributed by atoms with Crippen molar-refractivity contribution in [1.29, 1.82) is 5.26 Å². The fraction of sp³-hybridized carbons (Fsp3) is 0.0938. The molecule has 0 aromatic heterocycles. The number of nitrogens with one attached hydrogen (secondary N) is 1. The van der Waals surface area contributed by atoms with Gasteiger partial charge in [-0.15, -0.1) is 0 Å². The zero-order chi connectivity index (χ0) is 29.1. The van der Waals surface area contributed by atoms with E-state index in [-0.39, 0.29) is 27.8 Å². The highest BCUT2D eigenvalue weighted by Crippen LogP contribution is 2.44. The molecule has 2 atom stereocenters. The summed E-state index contributed by atoms with van der Waals surface area (Å²) in [5.41, 5.74) is 9.59. The molecular formula is C32H26N4O4S. The lowest BCUT2D eigenvalue weighted by Gasteiger charge is -2.29. The van der Waals surface area contributed by atoms with E-state index in [1.54, 1.807) is 42.5 Å². The lowest BCUT2D eigenvalue weighted by molar-refractivity contribution is -0.114. The Balaban J connectivity index is 1.62. The van der Waals surface area contributed by atoms with Crippen LogP contribution in [-0.2, 0) is 14.8 Å². The van der Waals surface area contributed by atoms with Crippen LogP contribution < -0.4 is 11.1 Å². The predicted molar refractivity (Wildman–Crippen MR) is 156 cm³/mol. The number of rotatable bonds is 7. The summed E-state index contributed by atoms with van der Waals surface area (Å²) in [5.74, 6) is -2.04. The Kier molecular flexibility index (Phi) is 7.42. The average Bonchev–Trinajstić information content (AvgIpc) is 3.30. The van der Waals surface area contributed by atoms with Gasteiger partial charge in [0.1, 0.15) is 11.9 Å². The number of nitriles is 1. The second kappa shape index (κ2) is 11.1. The maximum atomic E-state index is 14.1. The number of anilines is 1. The standard InChI is InChI=1S/C32H26N4O4S/c1-21(37)35-26-16-18-27(19-17-26)41(39,40)36-30(31(38)25-10-6-3-7-11-25)29(28(20-33)32(36)34)24-14-12-23(13-15-24)22-8-4-2-5-9-22/h2-19,29-30H,34H2,1H3,(H,35,37)/t29-,30+/m1/s1. The van der Waals surface area contributed by atoms with Crippen molar-refractivity contribution in [1.82, 2.24) is 4.31 Å². The number of ketones is 1. The number of hydrogen-bond donors (Lipinski definition) is 2. The average molecular weight is 563 g/mol. The van der Waals surface area contributed by atoms with Gasteiger partial charge >= 0.3 is 0 Å². The van der Waals surface area contributed by atoms with E-state index in [1.165, 1.54) is 31.2 Å². The molecule has 4 aromatic rings. The van der Waals surface area contributed by atoms with E-state index in [2.05, 4.69) is 11.4 Å². The first kappa shape index (κ1) is 27.4. The van der Waals surface area contributed by atoms with E-state index in [0.29, 0.717) is 11.3 Å². The van der Waals surface area contributed by atoms with Crippen LogP contribution in [0.5, 0.6) is 0 Å². The van der Waals surface area contributed by atoms with Crippen molar-refractivity contribution in [2.45, 2.75) is 23.8 Å². The van der Waals surface area contributed by atoms with Gasteiger partial charge in [0.25, 0.3) is 10.0 Å². The topological polar surface area (TPSA) is 133 Å². The van der Waals surface area contributed by atoms with Gasteiger partial charge in [0.05, 0.1) is 22.5 Å². The van der Waals surface area contributed by atoms with Crippen LogP contribution in [0.25, 0.3) is 11.1 Å². The summed E-state index contributed by atoms with van der Waals surface area (Å²) >= 11 is 0. The third-order valence-electron chi connectivity index (χ3n) is 6.95. The molecule has 1 amide bonds. The Bertz CT molecular complexity index is 1780. The number of carbonyl (C=O) groups is 2. The molecule has 0 saturated heterocycles. The van der Waals surface area contributed by atoms with Gasteiger partial charge < -0.3 is 11.1 Å². The van der Waals surface area contributed by atoms with Gasteiger partial charge in [-0.2, -0.15) is 5.26 Å². The lowest BCUT2D eigenvalue weighted by Crippen LogP contribution is -2.45. The third-order valence-corrected chi connectivity index (χ3v) is 8.76. The summed E-state index contributed by atoms with van der Waals surface area (Å²) in [6, 6.07) is 31.7. The van der Waals surface area contributed by atoms with Gasteiger partial charge in [-0.1, -0.05) is 84.9 Å². The van der Waals surface area contributed by atoms with E-state index in [1.807, 2.05) is 42.5 Å². The Labute approximate surface area is 238 Å². The second-order valence-electron chi connectivity index (χ2n) is 9.56. The summed E-state index contributed by atoms with van der Waals surface area (Å²) in [5, 5.41) is 12.8. The summed E-state index contributed by atoms with van der Waals surface area (Å²) in [4.78, 5) is 25.3. The zero-order valence-corrected chi connectivity index (χ0v) is 22.9. The fourth-order valence-corrected chi connectivity index (χ4v) is 6.63. The molecule has 204 valence electrons. The van der Waals surface area contributed by atoms with E-state index >= 15 is 0 Å². The van der Waals surface area contributed by atoms with Crippen molar-refractivity contribution >= 4 is 27.4 Å². The highest BCUT2D eigenvalue weighted by Gasteiger charge is 2.50. The van der Waals surface area contributed by atoms with Gasteiger partial charge in [-0.25, -0.2) is 12.7 Å². The number of sulfonamides is 1. The number of Topliss-reactive ketones (excluding diaryl/α,β-unsaturated/α-hetero) is 1. The van der Waals surface area contributed by atoms with Crippen LogP contribution in [0.4, 0.5) is 5.69 Å². The molecule has 9 heteroatoms. The summed E-state index contributed by atoms with van der Waals surface area (Å²) < 4.78 is 29.0. The summed E-state index contributed by atoms with van der Waals surface area (Å²) in [7, 11) is -4.40. The highest BCUT2D eigenvalue weighted by molar-refractivity contribution is 7.89. The number of carbonyl (C=O) groups excluding carboxylic acids is 2. The zero-order valence-electron chi connectivity index (χ0n) is 22.1. The molecule has 0 fully saturated rings. The van der Waals surface area contributed by atoms with Gasteiger partial charge in [0.15, 0.2) is 5.78 Å². The number of amides is 1.